The van der Waals surface area contributed by atoms with Crippen LogP contribution in [-0.2, 0) is 32.5 Å². The molecule has 3 nitrogen and oxygen atoms in total. The highest BCUT2D eigenvalue weighted by Gasteiger charge is 2.30. The van der Waals surface area contributed by atoms with E-state index in [-0.39, 0.29) is 0 Å². The SMILES string of the molecule is Brc1ccc(N2CCN(Cc3ccccc3)CC2)c2c1CC[C@@H](N(Cc1ccccc1)Cc1ccccc1)C2. The van der Waals surface area contributed by atoms with Gasteiger partial charge in [-0.3, -0.25) is 9.80 Å². The van der Waals surface area contributed by atoms with E-state index in [1.807, 2.05) is 0 Å². The lowest BCUT2D eigenvalue weighted by atomic mass is 9.85. The molecule has 1 atom stereocenters. The van der Waals surface area contributed by atoms with Crippen molar-refractivity contribution in [2.45, 2.75) is 44.9 Å². The first kappa shape index (κ1) is 26.3. The van der Waals surface area contributed by atoms with Crippen LogP contribution in [-0.4, -0.2) is 42.0 Å². The number of fused-ring (bicyclic) bond motifs is 1. The smallest absolute Gasteiger partial charge is 0.0403 e. The van der Waals surface area contributed by atoms with Gasteiger partial charge in [-0.2, -0.15) is 0 Å². The van der Waals surface area contributed by atoms with E-state index in [1.54, 1.807) is 5.56 Å². The summed E-state index contributed by atoms with van der Waals surface area (Å²) in [6.07, 6.45) is 3.43. The summed E-state index contributed by atoms with van der Waals surface area (Å²) in [6, 6.07) is 38.0. The number of nitrogens with zero attached hydrogens (tertiary/aromatic N) is 3. The Morgan fingerprint density at radius 1 is 0.641 bits per heavy atom. The van der Waals surface area contributed by atoms with Crippen molar-refractivity contribution in [2.24, 2.45) is 0 Å². The maximum Gasteiger partial charge on any atom is 0.0403 e. The number of halogens is 1. The number of hydrogen-bond acceptors (Lipinski definition) is 3. The molecule has 1 aliphatic heterocycles. The molecular formula is C35H38BrN3. The highest BCUT2D eigenvalue weighted by atomic mass is 79.9. The standard InChI is InChI=1S/C35H38BrN3/c36-34-18-19-35(38-22-20-37(21-23-38)25-28-10-4-1-5-11-28)33-24-31(16-17-32(33)34)39(26-29-12-6-2-7-13-29)27-30-14-8-3-9-15-30/h1-15,18-19,31H,16-17,20-27H2/t31-/m1/s1. The fourth-order valence-corrected chi connectivity index (χ4v) is 6.91. The van der Waals surface area contributed by atoms with Crippen molar-refractivity contribution in [2.75, 3.05) is 31.1 Å². The highest BCUT2D eigenvalue weighted by Crippen LogP contribution is 2.38. The van der Waals surface area contributed by atoms with Gasteiger partial charge in [-0.15, -0.1) is 0 Å². The van der Waals surface area contributed by atoms with Gasteiger partial charge in [-0.25, -0.2) is 0 Å². The Morgan fingerprint density at radius 2 is 1.21 bits per heavy atom. The summed E-state index contributed by atoms with van der Waals surface area (Å²) in [5.74, 6) is 0. The molecule has 1 aliphatic carbocycles. The Kier molecular flexibility index (Phi) is 8.44. The average molecular weight is 581 g/mol. The minimum Gasteiger partial charge on any atom is -0.369 e. The van der Waals surface area contributed by atoms with Crippen LogP contribution < -0.4 is 4.90 Å². The number of rotatable bonds is 8. The second kappa shape index (κ2) is 12.5. The number of hydrogen-bond donors (Lipinski definition) is 0. The molecule has 0 aromatic heterocycles. The van der Waals surface area contributed by atoms with Gasteiger partial charge >= 0.3 is 0 Å². The third-order valence-electron chi connectivity index (χ3n) is 8.45. The minimum absolute atomic E-state index is 0.519. The van der Waals surface area contributed by atoms with Crippen molar-refractivity contribution >= 4 is 21.6 Å². The van der Waals surface area contributed by atoms with Crippen LogP contribution in [0.1, 0.15) is 34.2 Å². The molecule has 0 spiro atoms. The van der Waals surface area contributed by atoms with Gasteiger partial charge in [-0.05, 0) is 59.2 Å². The van der Waals surface area contributed by atoms with Crippen LogP contribution in [0.15, 0.2) is 108 Å². The Morgan fingerprint density at radius 3 is 1.79 bits per heavy atom. The summed E-state index contributed by atoms with van der Waals surface area (Å²) in [4.78, 5) is 7.96. The largest absolute Gasteiger partial charge is 0.369 e. The molecule has 1 fully saturated rings. The van der Waals surface area contributed by atoms with Crippen LogP contribution in [0.4, 0.5) is 5.69 Å². The molecule has 0 N–H and O–H groups in total. The van der Waals surface area contributed by atoms with Gasteiger partial charge in [0.1, 0.15) is 0 Å². The van der Waals surface area contributed by atoms with Crippen molar-refractivity contribution in [1.29, 1.82) is 0 Å². The molecule has 1 saturated heterocycles. The lowest BCUT2D eigenvalue weighted by molar-refractivity contribution is 0.162. The number of benzene rings is 4. The van der Waals surface area contributed by atoms with E-state index in [0.29, 0.717) is 6.04 Å². The Hall–Kier alpha value is -2.92. The molecule has 0 saturated carbocycles. The molecule has 0 unspecified atom stereocenters. The fraction of sp³-hybridized carbons (Fsp3) is 0.314. The van der Waals surface area contributed by atoms with Gasteiger partial charge in [0, 0.05) is 62.0 Å². The van der Waals surface area contributed by atoms with Crippen molar-refractivity contribution < 1.29 is 0 Å². The predicted octanol–water partition coefficient (Wildman–Crippen LogP) is 7.33. The Bertz CT molecular complexity index is 1290. The van der Waals surface area contributed by atoms with Gasteiger partial charge in [0.05, 0.1) is 0 Å². The molecule has 0 radical (unpaired) electrons. The Balaban J connectivity index is 1.21. The first-order valence-corrected chi connectivity index (χ1v) is 15.2. The lowest BCUT2D eigenvalue weighted by Gasteiger charge is -2.40. The highest BCUT2D eigenvalue weighted by molar-refractivity contribution is 9.10. The van der Waals surface area contributed by atoms with Crippen LogP contribution in [0.25, 0.3) is 0 Å². The minimum atomic E-state index is 0.519. The zero-order valence-electron chi connectivity index (χ0n) is 22.7. The molecule has 2 aliphatic rings. The summed E-state index contributed by atoms with van der Waals surface area (Å²) in [5.41, 5.74) is 8.73. The summed E-state index contributed by atoms with van der Waals surface area (Å²) in [6.45, 7) is 7.40. The summed E-state index contributed by atoms with van der Waals surface area (Å²) < 4.78 is 1.28. The molecule has 200 valence electrons. The quantitative estimate of drug-likeness (QED) is 0.216. The zero-order valence-corrected chi connectivity index (χ0v) is 24.3. The maximum atomic E-state index is 3.91. The molecule has 4 aromatic carbocycles. The molecule has 6 rings (SSSR count). The second-order valence-corrected chi connectivity index (χ2v) is 11.9. The van der Waals surface area contributed by atoms with Crippen LogP contribution in [0.2, 0.25) is 0 Å². The number of piperazine rings is 1. The van der Waals surface area contributed by atoms with E-state index in [4.69, 9.17) is 0 Å². The molecule has 4 heteroatoms. The van der Waals surface area contributed by atoms with Crippen molar-refractivity contribution in [3.63, 3.8) is 0 Å². The Labute approximate surface area is 242 Å². The van der Waals surface area contributed by atoms with E-state index in [9.17, 15) is 0 Å². The van der Waals surface area contributed by atoms with E-state index < -0.39 is 0 Å². The van der Waals surface area contributed by atoms with Gasteiger partial charge < -0.3 is 4.90 Å². The molecule has 1 heterocycles. The summed E-state index contributed by atoms with van der Waals surface area (Å²) >= 11 is 3.91. The van der Waals surface area contributed by atoms with E-state index in [0.717, 1.165) is 58.7 Å². The maximum absolute atomic E-state index is 3.91. The zero-order chi connectivity index (χ0) is 26.4. The van der Waals surface area contributed by atoms with E-state index in [2.05, 4.69) is 134 Å². The van der Waals surface area contributed by atoms with E-state index >= 15 is 0 Å². The average Bonchev–Trinajstić information content (AvgIpc) is 2.99. The molecule has 0 bridgehead atoms. The molecule has 39 heavy (non-hydrogen) atoms. The third-order valence-corrected chi connectivity index (χ3v) is 9.19. The molecule has 4 aromatic rings. The van der Waals surface area contributed by atoms with Gasteiger partial charge in [0.15, 0.2) is 0 Å². The summed E-state index contributed by atoms with van der Waals surface area (Å²) in [7, 11) is 0. The monoisotopic (exact) mass is 579 g/mol. The second-order valence-electron chi connectivity index (χ2n) is 11.0. The van der Waals surface area contributed by atoms with Crippen LogP contribution in [0.5, 0.6) is 0 Å². The molecular weight excluding hydrogens is 542 g/mol. The summed E-state index contributed by atoms with van der Waals surface area (Å²) in [5, 5.41) is 0. The van der Waals surface area contributed by atoms with Gasteiger partial charge in [0.2, 0.25) is 0 Å². The molecule has 0 amide bonds. The number of anilines is 1. The van der Waals surface area contributed by atoms with Crippen LogP contribution in [0.3, 0.4) is 0 Å². The van der Waals surface area contributed by atoms with Gasteiger partial charge in [0.25, 0.3) is 0 Å². The van der Waals surface area contributed by atoms with E-state index in [1.165, 1.54) is 38.8 Å². The van der Waals surface area contributed by atoms with Crippen molar-refractivity contribution in [3.05, 3.63) is 135 Å². The first-order valence-electron chi connectivity index (χ1n) is 14.4. The normalized spacial score (nSPS) is 17.8. The lowest BCUT2D eigenvalue weighted by Crippen LogP contribution is -2.47. The predicted molar refractivity (Wildman–Crippen MR) is 166 cm³/mol. The van der Waals surface area contributed by atoms with Crippen LogP contribution >= 0.6 is 15.9 Å². The van der Waals surface area contributed by atoms with Crippen LogP contribution in [0, 0.1) is 0 Å². The van der Waals surface area contributed by atoms with Crippen molar-refractivity contribution in [3.8, 4) is 0 Å². The van der Waals surface area contributed by atoms with Gasteiger partial charge in [-0.1, -0.05) is 107 Å². The fourth-order valence-electron chi connectivity index (χ4n) is 6.35. The first-order chi connectivity index (χ1) is 19.2. The topological polar surface area (TPSA) is 9.72 Å². The van der Waals surface area contributed by atoms with Crippen molar-refractivity contribution in [1.82, 2.24) is 9.80 Å². The third kappa shape index (κ3) is 6.46.